The number of aryl methyl sites for hydroxylation is 1. The molecule has 0 aliphatic carbocycles. The van der Waals surface area contributed by atoms with Gasteiger partial charge in [0, 0.05) is 11.3 Å². The molecule has 0 radical (unpaired) electrons. The molecule has 4 heteroatoms. The number of amides is 1. The Morgan fingerprint density at radius 3 is 2.29 bits per heavy atom. The Labute approximate surface area is 169 Å². The Bertz CT molecular complexity index is 832. The Kier molecular flexibility index (Phi) is 7.68. The quantitative estimate of drug-likeness (QED) is 0.583. The molecule has 2 aromatic carbocycles. The maximum atomic E-state index is 12.3. The molecule has 2 N–H and O–H groups in total. The van der Waals surface area contributed by atoms with Crippen molar-refractivity contribution in [3.05, 3.63) is 76.0 Å². The maximum absolute atomic E-state index is 12.3. The molecule has 28 heavy (non-hydrogen) atoms. The van der Waals surface area contributed by atoms with E-state index in [0.717, 1.165) is 29.0 Å². The highest BCUT2D eigenvalue weighted by molar-refractivity contribution is 5.93. The fourth-order valence-corrected chi connectivity index (χ4v) is 2.93. The molecular weight excluding hydrogens is 348 g/mol. The van der Waals surface area contributed by atoms with Crippen LogP contribution in [-0.2, 0) is 6.61 Å². The minimum atomic E-state index is -0.152. The van der Waals surface area contributed by atoms with E-state index in [1.807, 2.05) is 38.1 Å². The molecule has 0 saturated carbocycles. The van der Waals surface area contributed by atoms with Crippen LogP contribution < -0.4 is 15.6 Å². The monoisotopic (exact) mass is 380 g/mol. The van der Waals surface area contributed by atoms with E-state index in [9.17, 15) is 4.79 Å². The van der Waals surface area contributed by atoms with Crippen molar-refractivity contribution < 1.29 is 9.53 Å². The fourth-order valence-electron chi connectivity index (χ4n) is 2.93. The zero-order valence-corrected chi connectivity index (χ0v) is 17.8. The first kappa shape index (κ1) is 21.5. The zero-order valence-electron chi connectivity index (χ0n) is 17.8. The van der Waals surface area contributed by atoms with Crippen LogP contribution in [0.25, 0.3) is 0 Å². The van der Waals surface area contributed by atoms with Crippen molar-refractivity contribution >= 4 is 5.91 Å². The van der Waals surface area contributed by atoms with Crippen LogP contribution in [0.5, 0.6) is 5.75 Å². The third-order valence-electron chi connectivity index (χ3n) is 4.69. The molecule has 0 saturated heterocycles. The van der Waals surface area contributed by atoms with E-state index >= 15 is 0 Å². The zero-order chi connectivity index (χ0) is 20.7. The van der Waals surface area contributed by atoms with Gasteiger partial charge < -0.3 is 10.2 Å². The van der Waals surface area contributed by atoms with Crippen LogP contribution in [0.3, 0.4) is 0 Å². The van der Waals surface area contributed by atoms with Gasteiger partial charge in [0.2, 0.25) is 0 Å². The van der Waals surface area contributed by atoms with Crippen LogP contribution in [-0.4, -0.2) is 5.91 Å². The lowest BCUT2D eigenvalue weighted by Gasteiger charge is -2.15. The molecule has 0 bridgehead atoms. The molecule has 0 aliphatic heterocycles. The van der Waals surface area contributed by atoms with Crippen molar-refractivity contribution in [3.63, 3.8) is 0 Å². The van der Waals surface area contributed by atoms with Crippen molar-refractivity contribution in [1.29, 1.82) is 0 Å². The summed E-state index contributed by atoms with van der Waals surface area (Å²) in [5, 5.41) is 0. The molecule has 2 aromatic rings. The SMILES string of the molecule is CCC(NNC(=O)c1ccc(COc2cc(C)ccc2C(C)C)cc1)=C(C)C. The van der Waals surface area contributed by atoms with Crippen LogP contribution in [0.15, 0.2) is 53.7 Å². The minimum absolute atomic E-state index is 0.152. The number of rotatable bonds is 8. The lowest BCUT2D eigenvalue weighted by molar-refractivity contribution is 0.0938. The molecule has 2 rings (SSSR count). The number of hydrogen-bond acceptors (Lipinski definition) is 3. The molecular formula is C24H32N2O2. The van der Waals surface area contributed by atoms with Crippen molar-refractivity contribution in [3.8, 4) is 5.75 Å². The second kappa shape index (κ2) is 9.98. The first-order valence-electron chi connectivity index (χ1n) is 9.86. The summed E-state index contributed by atoms with van der Waals surface area (Å²) in [7, 11) is 0. The maximum Gasteiger partial charge on any atom is 0.269 e. The Hall–Kier alpha value is -2.75. The fraction of sp³-hybridized carbons (Fsp3) is 0.375. The van der Waals surface area contributed by atoms with Crippen molar-refractivity contribution in [1.82, 2.24) is 10.9 Å². The van der Waals surface area contributed by atoms with Crippen LogP contribution in [0.1, 0.15) is 74.0 Å². The molecule has 0 aromatic heterocycles. The van der Waals surface area contributed by atoms with Gasteiger partial charge in [-0.25, -0.2) is 0 Å². The van der Waals surface area contributed by atoms with Gasteiger partial charge in [-0.05, 0) is 68.0 Å². The number of carbonyl (C=O) groups excluding carboxylic acids is 1. The predicted molar refractivity (Wildman–Crippen MR) is 115 cm³/mol. The van der Waals surface area contributed by atoms with E-state index in [-0.39, 0.29) is 5.91 Å². The Morgan fingerprint density at radius 2 is 1.71 bits per heavy atom. The smallest absolute Gasteiger partial charge is 0.269 e. The topological polar surface area (TPSA) is 50.4 Å². The van der Waals surface area contributed by atoms with Gasteiger partial charge in [0.25, 0.3) is 5.91 Å². The highest BCUT2D eigenvalue weighted by Crippen LogP contribution is 2.28. The average Bonchev–Trinajstić information content (AvgIpc) is 2.66. The highest BCUT2D eigenvalue weighted by Gasteiger charge is 2.09. The second-order valence-electron chi connectivity index (χ2n) is 7.59. The first-order valence-corrected chi connectivity index (χ1v) is 9.86. The summed E-state index contributed by atoms with van der Waals surface area (Å²) in [5.74, 6) is 1.18. The number of hydrazine groups is 1. The summed E-state index contributed by atoms with van der Waals surface area (Å²) < 4.78 is 6.07. The van der Waals surface area contributed by atoms with E-state index in [1.165, 1.54) is 11.1 Å². The highest BCUT2D eigenvalue weighted by atomic mass is 16.5. The summed E-state index contributed by atoms with van der Waals surface area (Å²) in [4.78, 5) is 12.3. The van der Waals surface area contributed by atoms with E-state index in [1.54, 1.807) is 0 Å². The summed E-state index contributed by atoms with van der Waals surface area (Å²) in [5.41, 5.74) is 12.0. The van der Waals surface area contributed by atoms with Gasteiger partial charge in [0.15, 0.2) is 0 Å². The molecule has 0 atom stereocenters. The van der Waals surface area contributed by atoms with Gasteiger partial charge >= 0.3 is 0 Å². The molecule has 0 fully saturated rings. The van der Waals surface area contributed by atoms with E-state index in [0.29, 0.717) is 18.1 Å². The predicted octanol–water partition coefficient (Wildman–Crippen LogP) is 5.64. The van der Waals surface area contributed by atoms with Gasteiger partial charge in [-0.2, -0.15) is 0 Å². The number of nitrogens with one attached hydrogen (secondary N) is 2. The molecule has 1 amide bonds. The van der Waals surface area contributed by atoms with Crippen LogP contribution in [0.4, 0.5) is 0 Å². The van der Waals surface area contributed by atoms with E-state index in [4.69, 9.17) is 4.74 Å². The van der Waals surface area contributed by atoms with Crippen molar-refractivity contribution in [2.75, 3.05) is 0 Å². The van der Waals surface area contributed by atoms with Crippen molar-refractivity contribution in [2.24, 2.45) is 0 Å². The standard InChI is InChI=1S/C24H32N2O2/c1-7-22(17(4)5)25-26-24(27)20-11-9-19(10-12-20)15-28-23-14-18(6)8-13-21(23)16(2)3/h8-14,16,25H,7,15H2,1-6H3,(H,26,27). The second-order valence-corrected chi connectivity index (χ2v) is 7.59. The van der Waals surface area contributed by atoms with Gasteiger partial charge in [-0.15, -0.1) is 0 Å². The molecule has 0 aliphatic rings. The van der Waals surface area contributed by atoms with Crippen LogP contribution in [0.2, 0.25) is 0 Å². The van der Waals surface area contributed by atoms with Crippen LogP contribution >= 0.6 is 0 Å². The lowest BCUT2D eigenvalue weighted by atomic mass is 10.0. The molecule has 150 valence electrons. The van der Waals surface area contributed by atoms with Gasteiger partial charge in [-0.1, -0.05) is 50.6 Å². The minimum Gasteiger partial charge on any atom is -0.489 e. The van der Waals surface area contributed by atoms with E-state index in [2.05, 4.69) is 56.7 Å². The summed E-state index contributed by atoms with van der Waals surface area (Å²) in [6, 6.07) is 13.8. The Morgan fingerprint density at radius 1 is 1.04 bits per heavy atom. The first-order chi connectivity index (χ1) is 13.3. The normalized spacial score (nSPS) is 10.5. The number of allylic oxidation sites excluding steroid dienone is 2. The van der Waals surface area contributed by atoms with Gasteiger partial charge in [0.1, 0.15) is 12.4 Å². The summed E-state index contributed by atoms with van der Waals surface area (Å²) >= 11 is 0. The third-order valence-corrected chi connectivity index (χ3v) is 4.69. The third kappa shape index (κ3) is 5.88. The summed E-state index contributed by atoms with van der Waals surface area (Å²) in [6.45, 7) is 13.0. The molecule has 0 spiro atoms. The van der Waals surface area contributed by atoms with Gasteiger partial charge in [-0.3, -0.25) is 10.2 Å². The largest absolute Gasteiger partial charge is 0.489 e. The number of benzene rings is 2. The molecule has 4 nitrogen and oxygen atoms in total. The van der Waals surface area contributed by atoms with Crippen LogP contribution in [0, 0.1) is 6.92 Å². The average molecular weight is 381 g/mol. The summed E-state index contributed by atoms with van der Waals surface area (Å²) in [6.07, 6.45) is 0.843. The lowest BCUT2D eigenvalue weighted by Crippen LogP contribution is -2.37. The number of ether oxygens (including phenoxy) is 1. The molecule has 0 unspecified atom stereocenters. The number of hydrogen-bond donors (Lipinski definition) is 2. The van der Waals surface area contributed by atoms with E-state index < -0.39 is 0 Å². The van der Waals surface area contributed by atoms with Crippen molar-refractivity contribution in [2.45, 2.75) is 60.5 Å². The molecule has 0 heterocycles. The number of carbonyl (C=O) groups is 1. The Balaban J connectivity index is 1.99. The van der Waals surface area contributed by atoms with Gasteiger partial charge in [0.05, 0.1) is 0 Å².